The number of benzene rings is 1. The van der Waals surface area contributed by atoms with E-state index in [4.69, 9.17) is 4.74 Å². The molecule has 4 aromatic rings. The van der Waals surface area contributed by atoms with Gasteiger partial charge < -0.3 is 10.1 Å². The first-order valence-electron chi connectivity index (χ1n) is 10.2. The molecule has 3 aromatic heterocycles. The number of anilines is 2. The van der Waals surface area contributed by atoms with Crippen molar-refractivity contribution in [1.82, 2.24) is 24.4 Å². The third-order valence-electron chi connectivity index (χ3n) is 4.97. The second-order valence-corrected chi connectivity index (χ2v) is 9.16. The van der Waals surface area contributed by atoms with E-state index in [1.807, 2.05) is 0 Å². The quantitative estimate of drug-likeness (QED) is 0.430. The van der Waals surface area contributed by atoms with Crippen molar-refractivity contribution in [3.63, 3.8) is 0 Å². The van der Waals surface area contributed by atoms with Crippen molar-refractivity contribution in [1.29, 1.82) is 0 Å². The summed E-state index contributed by atoms with van der Waals surface area (Å²) in [7, 11) is 0.480. The molecule has 0 radical (unpaired) electrons. The number of nitrogens with one attached hydrogen (secondary N) is 2. The van der Waals surface area contributed by atoms with Gasteiger partial charge in [0.05, 0.1) is 22.8 Å². The van der Waals surface area contributed by atoms with E-state index in [0.29, 0.717) is 22.9 Å². The predicted octanol–water partition coefficient (Wildman–Crippen LogP) is 3.19. The number of ether oxygens (including phenoxy) is 1. The van der Waals surface area contributed by atoms with Gasteiger partial charge in [-0.1, -0.05) is 0 Å². The van der Waals surface area contributed by atoms with Crippen LogP contribution in [-0.2, 0) is 18.0 Å². The lowest BCUT2D eigenvalue weighted by molar-refractivity contribution is 0.101. The molecule has 1 atom stereocenters. The number of hydrogen-bond donors (Lipinski definition) is 2. The molecule has 1 saturated carbocycles. The first kappa shape index (κ1) is 21.1. The van der Waals surface area contributed by atoms with Gasteiger partial charge in [0.2, 0.25) is 5.88 Å². The van der Waals surface area contributed by atoms with Gasteiger partial charge in [-0.05, 0) is 44.0 Å². The van der Waals surface area contributed by atoms with Crippen LogP contribution >= 0.6 is 0 Å². The van der Waals surface area contributed by atoms with Crippen LogP contribution in [0.5, 0.6) is 11.6 Å². The van der Waals surface area contributed by atoms with Crippen molar-refractivity contribution in [3.8, 4) is 11.6 Å². The summed E-state index contributed by atoms with van der Waals surface area (Å²) in [6.07, 6.45) is 3.52. The number of amides is 1. The molecule has 0 saturated heterocycles. The number of rotatable bonds is 7. The zero-order valence-corrected chi connectivity index (χ0v) is 18.6. The summed E-state index contributed by atoms with van der Waals surface area (Å²) in [6, 6.07) is 8.94. The van der Waals surface area contributed by atoms with Gasteiger partial charge in [0.25, 0.3) is 5.91 Å². The molecule has 12 heteroatoms. The Labute approximate surface area is 190 Å². The number of fused-ring (bicyclic) bond motifs is 1. The number of imidazole rings is 1. The van der Waals surface area contributed by atoms with Gasteiger partial charge in [-0.15, -0.1) is 5.10 Å². The van der Waals surface area contributed by atoms with Gasteiger partial charge in [0.15, 0.2) is 11.5 Å². The van der Waals surface area contributed by atoms with Crippen LogP contribution in [-0.4, -0.2) is 39.7 Å². The monoisotopic (exact) mass is 469 g/mol. The molecule has 33 heavy (non-hydrogen) atoms. The number of hydrogen-bond acceptors (Lipinski definition) is 6. The van der Waals surface area contributed by atoms with Crippen LogP contribution in [0.4, 0.5) is 15.9 Å². The van der Waals surface area contributed by atoms with E-state index in [9.17, 15) is 13.4 Å². The van der Waals surface area contributed by atoms with Crippen molar-refractivity contribution in [2.75, 3.05) is 10.0 Å². The third-order valence-corrected chi connectivity index (χ3v) is 6.46. The summed E-state index contributed by atoms with van der Waals surface area (Å²) in [5.41, 5.74) is 1.50. The van der Waals surface area contributed by atoms with Gasteiger partial charge in [-0.2, -0.15) is 5.10 Å². The number of carbonyl (C=O) groups excluding carboxylic acids is 1. The van der Waals surface area contributed by atoms with E-state index >= 15 is 0 Å². The predicted molar refractivity (Wildman–Crippen MR) is 120 cm³/mol. The van der Waals surface area contributed by atoms with Gasteiger partial charge in [-0.25, -0.2) is 18.1 Å². The third kappa shape index (κ3) is 4.55. The molecule has 1 unspecified atom stereocenters. The molecule has 3 heterocycles. The van der Waals surface area contributed by atoms with E-state index in [0.717, 1.165) is 12.8 Å². The molecule has 2 N–H and O–H groups in total. The highest BCUT2D eigenvalue weighted by molar-refractivity contribution is 7.87. The minimum Gasteiger partial charge on any atom is -0.438 e. The molecule has 1 aromatic carbocycles. The second kappa shape index (κ2) is 8.28. The summed E-state index contributed by atoms with van der Waals surface area (Å²) in [6.45, 7) is 1.77. The topological polar surface area (TPSA) is 115 Å². The zero-order valence-electron chi connectivity index (χ0n) is 17.8. The molecule has 0 spiro atoms. The summed E-state index contributed by atoms with van der Waals surface area (Å²) in [4.78, 5) is 16.9. The first-order chi connectivity index (χ1) is 15.9. The molecule has 0 bridgehead atoms. The molecule has 0 aliphatic heterocycles. The Hall–Kier alpha value is -3.80. The molecule has 1 aliphatic rings. The minimum atomic E-state index is -1.16. The molecule has 1 fully saturated rings. The van der Waals surface area contributed by atoms with Crippen LogP contribution in [0.15, 0.2) is 42.6 Å². The van der Waals surface area contributed by atoms with E-state index in [-0.39, 0.29) is 22.6 Å². The summed E-state index contributed by atoms with van der Waals surface area (Å²) in [5, 5.41) is 11.2. The van der Waals surface area contributed by atoms with Crippen LogP contribution in [0, 0.1) is 12.7 Å². The molecular weight excluding hydrogens is 449 g/mol. The van der Waals surface area contributed by atoms with E-state index in [1.165, 1.54) is 27.4 Å². The largest absolute Gasteiger partial charge is 0.438 e. The fourth-order valence-corrected chi connectivity index (χ4v) is 4.27. The Kier molecular flexibility index (Phi) is 5.29. The maximum atomic E-state index is 14.3. The molecule has 5 rings (SSSR count). The van der Waals surface area contributed by atoms with Crippen LogP contribution in [0.25, 0.3) is 5.65 Å². The van der Waals surface area contributed by atoms with E-state index in [2.05, 4.69) is 25.2 Å². The van der Waals surface area contributed by atoms with Crippen molar-refractivity contribution in [2.24, 2.45) is 7.05 Å². The Morgan fingerprint density at radius 1 is 1.21 bits per heavy atom. The standard InChI is InChI=1S/C21H20FN7O3S/c1-12-9-17(28(2)25-12)21(30)23-16-10-13(3-6-15(16)22)32-20-8-7-19-24-18(11-29(19)26-20)27-33(31)14-4-5-14/h3,6-11,14,27H,4-5H2,1-2H3,(H,23,30). The van der Waals surface area contributed by atoms with Crippen molar-refractivity contribution >= 4 is 34.0 Å². The van der Waals surface area contributed by atoms with Gasteiger partial charge in [0.1, 0.15) is 28.2 Å². The molecule has 170 valence electrons. The summed E-state index contributed by atoms with van der Waals surface area (Å²) < 4.78 is 37.9. The Bertz CT molecular complexity index is 1400. The lowest BCUT2D eigenvalue weighted by Gasteiger charge is -2.10. The fourth-order valence-electron chi connectivity index (χ4n) is 3.23. The van der Waals surface area contributed by atoms with Crippen LogP contribution < -0.4 is 14.8 Å². The Morgan fingerprint density at radius 3 is 2.76 bits per heavy atom. The maximum absolute atomic E-state index is 14.3. The second-order valence-electron chi connectivity index (χ2n) is 7.69. The Balaban J connectivity index is 1.32. The Morgan fingerprint density at radius 2 is 2.03 bits per heavy atom. The molecule has 1 amide bonds. The van der Waals surface area contributed by atoms with Gasteiger partial charge in [-0.3, -0.25) is 14.2 Å². The molecule has 1 aliphatic carbocycles. The number of aromatic nitrogens is 5. The minimum absolute atomic E-state index is 0.0332. The number of aryl methyl sites for hydroxylation is 2. The lowest BCUT2D eigenvalue weighted by atomic mass is 10.2. The van der Waals surface area contributed by atoms with Crippen molar-refractivity contribution in [3.05, 3.63) is 59.8 Å². The maximum Gasteiger partial charge on any atom is 0.274 e. The average Bonchev–Trinajstić information content (AvgIpc) is 3.46. The highest BCUT2D eigenvalue weighted by atomic mass is 32.2. The zero-order chi connectivity index (χ0) is 23.1. The van der Waals surface area contributed by atoms with E-state index in [1.54, 1.807) is 38.4 Å². The van der Waals surface area contributed by atoms with E-state index < -0.39 is 22.7 Å². The summed E-state index contributed by atoms with van der Waals surface area (Å²) >= 11 is 0. The van der Waals surface area contributed by atoms with Crippen molar-refractivity contribution in [2.45, 2.75) is 25.0 Å². The van der Waals surface area contributed by atoms with Crippen LogP contribution in [0.2, 0.25) is 0 Å². The highest BCUT2D eigenvalue weighted by Crippen LogP contribution is 2.28. The SMILES string of the molecule is Cc1cc(C(=O)Nc2cc(Oc3ccc4nc(NS(=O)C5CC5)cn4n3)ccc2F)n(C)n1. The number of nitrogens with zero attached hydrogens (tertiary/aromatic N) is 5. The molecular formula is C21H20FN7O3S. The number of halogens is 1. The lowest BCUT2D eigenvalue weighted by Crippen LogP contribution is -2.16. The first-order valence-corrected chi connectivity index (χ1v) is 11.4. The molecule has 10 nitrogen and oxygen atoms in total. The fraction of sp³-hybridized carbons (Fsp3) is 0.238. The summed E-state index contributed by atoms with van der Waals surface area (Å²) in [5.74, 6) is -0.112. The number of carbonyl (C=O) groups is 1. The van der Waals surface area contributed by atoms with Gasteiger partial charge in [0, 0.05) is 19.2 Å². The van der Waals surface area contributed by atoms with Crippen molar-refractivity contribution < 1.29 is 18.1 Å². The average molecular weight is 470 g/mol. The van der Waals surface area contributed by atoms with Gasteiger partial charge >= 0.3 is 0 Å². The van der Waals surface area contributed by atoms with Crippen LogP contribution in [0.3, 0.4) is 0 Å². The van der Waals surface area contributed by atoms with Crippen LogP contribution in [0.1, 0.15) is 29.0 Å². The normalized spacial score (nSPS) is 14.3. The highest BCUT2D eigenvalue weighted by Gasteiger charge is 2.29. The smallest absolute Gasteiger partial charge is 0.274 e.